The Labute approximate surface area is 514 Å². The second kappa shape index (κ2) is 36.1. The molecular formula is C63H98N10O12S. The molecule has 11 atom stereocenters. The molecule has 0 bridgehead atoms. The number of rotatable bonds is 36. The van der Waals surface area contributed by atoms with E-state index >= 15 is 0 Å². The van der Waals surface area contributed by atoms with Crippen molar-refractivity contribution in [2.24, 2.45) is 35.3 Å². The van der Waals surface area contributed by atoms with E-state index in [0.717, 1.165) is 16.0 Å². The Morgan fingerprint density at radius 2 is 1.38 bits per heavy atom. The predicted octanol–water partition coefficient (Wildman–Crippen LogP) is 3.74. The molecule has 478 valence electrons. The molecule has 4 rings (SSSR count). The lowest BCUT2D eigenvalue weighted by Gasteiger charge is -2.41. The number of imide groups is 1. The molecular weight excluding hydrogens is 1120 g/mol. The molecule has 7 N–H and O–H groups in total. The minimum atomic E-state index is -1.09. The zero-order valence-electron chi connectivity index (χ0n) is 52.5. The van der Waals surface area contributed by atoms with Crippen LogP contribution in [0.3, 0.4) is 0 Å². The summed E-state index contributed by atoms with van der Waals surface area (Å²) in [6.07, 6.45) is 2.30. The number of methoxy groups -OCH3 is 2. The Morgan fingerprint density at radius 1 is 0.767 bits per heavy atom. The number of hydrazine groups is 1. The van der Waals surface area contributed by atoms with Crippen LogP contribution in [0.5, 0.6) is 0 Å². The van der Waals surface area contributed by atoms with Crippen LogP contribution >= 0.6 is 12.6 Å². The fourth-order valence-electron chi connectivity index (χ4n) is 11.7. The van der Waals surface area contributed by atoms with Gasteiger partial charge in [0.05, 0.1) is 48.7 Å². The number of ether oxygens (including phenoxy) is 2. The number of likely N-dealkylation sites (N-methyl/N-ethyl adjacent to an activating group) is 2. The van der Waals surface area contributed by atoms with Crippen LogP contribution in [0.25, 0.3) is 0 Å². The summed E-state index contributed by atoms with van der Waals surface area (Å²) < 4.78 is 12.2. The summed E-state index contributed by atoms with van der Waals surface area (Å²) in [5.74, 6) is -6.41. The Kier molecular flexibility index (Phi) is 30.3. The third-order valence-corrected chi connectivity index (χ3v) is 17.2. The van der Waals surface area contributed by atoms with E-state index in [4.69, 9.17) is 15.2 Å². The number of ketones is 1. The van der Waals surface area contributed by atoms with Gasteiger partial charge in [-0.25, -0.2) is 0 Å². The van der Waals surface area contributed by atoms with Crippen molar-refractivity contribution in [3.8, 4) is 0 Å². The molecule has 2 heterocycles. The van der Waals surface area contributed by atoms with Crippen molar-refractivity contribution in [2.45, 2.75) is 181 Å². The van der Waals surface area contributed by atoms with Gasteiger partial charge in [-0.3, -0.25) is 68.6 Å². The van der Waals surface area contributed by atoms with Gasteiger partial charge in [0.2, 0.25) is 53.2 Å². The van der Waals surface area contributed by atoms with Crippen LogP contribution in [-0.2, 0) is 70.4 Å². The molecule has 2 saturated heterocycles. The highest BCUT2D eigenvalue weighted by Gasteiger charge is 2.45. The van der Waals surface area contributed by atoms with Gasteiger partial charge in [-0.1, -0.05) is 122 Å². The Balaban J connectivity index is 1.31. The van der Waals surface area contributed by atoms with E-state index in [2.05, 4.69) is 39.4 Å². The van der Waals surface area contributed by atoms with E-state index in [1.807, 2.05) is 107 Å². The molecule has 1 unspecified atom stereocenters. The number of benzene rings is 2. The third-order valence-electron chi connectivity index (χ3n) is 16.8. The Bertz CT molecular complexity index is 2560. The number of hydrogen-bond donors (Lipinski definition) is 7. The van der Waals surface area contributed by atoms with Crippen molar-refractivity contribution in [1.29, 1.82) is 0 Å². The number of unbranched alkanes of at least 4 members (excludes halogenated alkanes) is 2. The molecule has 2 fully saturated rings. The second-order valence-corrected chi connectivity index (χ2v) is 24.2. The zero-order valence-corrected chi connectivity index (χ0v) is 53.4. The standard InChI is InChI=1S/C63H98N10O12S/c1-12-41(6)56(49(84-10)36-53(77)72-33-22-28-48(72)58(85-11)42(7)59(79)66-47(34-43-24-16-13-17-25-43)60(80)65-37-44-26-18-14-19-27-44)71(9)63(83)54(39(2)3)67-61(81)55(40(4)5)70(8)31-23-30-51(75)69-68-50(74)29-20-15-21-32-73-52(76)35-45(62(73)82)57(78)46(64)38-86/h13-14,16-19,24-27,39-42,45-49,54-56,58,86H,12,15,20-23,28-38,64H2,1-11H3,(H,65,80)(H,66,79)(H,67,81)(H,68,74)(H,69,75)/t41-,42+,45?,46-,47-,48-,49+,54-,55-,56-,58+/m0/s1. The van der Waals surface area contributed by atoms with Crippen molar-refractivity contribution in [3.63, 3.8) is 0 Å². The third kappa shape index (κ3) is 21.0. The number of nitrogens with zero attached hydrogens (tertiary/aromatic N) is 4. The summed E-state index contributed by atoms with van der Waals surface area (Å²) in [4.78, 5) is 141. The lowest BCUT2D eigenvalue weighted by molar-refractivity contribution is -0.148. The summed E-state index contributed by atoms with van der Waals surface area (Å²) in [6, 6.07) is 14.5. The Hall–Kier alpha value is -6.27. The highest BCUT2D eigenvalue weighted by molar-refractivity contribution is 7.80. The monoisotopic (exact) mass is 1220 g/mol. The van der Waals surface area contributed by atoms with Crippen molar-refractivity contribution in [1.82, 2.24) is 46.4 Å². The normalized spacial score (nSPS) is 18.4. The first-order valence-corrected chi connectivity index (χ1v) is 31.1. The molecule has 2 aliphatic rings. The van der Waals surface area contributed by atoms with Gasteiger partial charge in [0.15, 0.2) is 5.78 Å². The number of nitrogens with one attached hydrogen (secondary N) is 5. The minimum absolute atomic E-state index is 0.0461. The van der Waals surface area contributed by atoms with E-state index in [9.17, 15) is 47.9 Å². The van der Waals surface area contributed by atoms with Crippen LogP contribution in [0.4, 0.5) is 0 Å². The molecule has 86 heavy (non-hydrogen) atoms. The van der Waals surface area contributed by atoms with Crippen molar-refractivity contribution < 1.29 is 57.4 Å². The molecule has 2 aliphatic heterocycles. The van der Waals surface area contributed by atoms with Gasteiger partial charge in [-0.15, -0.1) is 0 Å². The van der Waals surface area contributed by atoms with Gasteiger partial charge in [0.1, 0.15) is 18.0 Å². The maximum Gasteiger partial charge on any atom is 0.245 e. The van der Waals surface area contributed by atoms with E-state index < -0.39 is 89.7 Å². The molecule has 23 heteroatoms. The molecule has 0 radical (unpaired) electrons. The Morgan fingerprint density at radius 3 is 1.95 bits per heavy atom. The predicted molar refractivity (Wildman–Crippen MR) is 330 cm³/mol. The van der Waals surface area contributed by atoms with E-state index in [-0.39, 0.29) is 91.7 Å². The van der Waals surface area contributed by atoms with Crippen LogP contribution in [-0.4, -0.2) is 181 Å². The van der Waals surface area contributed by atoms with E-state index in [1.165, 1.54) is 14.2 Å². The summed E-state index contributed by atoms with van der Waals surface area (Å²) in [6.45, 7) is 14.4. The highest BCUT2D eigenvalue weighted by Crippen LogP contribution is 2.30. The molecule has 2 aromatic rings. The molecule has 0 spiro atoms. The van der Waals surface area contributed by atoms with Crippen LogP contribution < -0.4 is 32.5 Å². The number of amides is 9. The smallest absolute Gasteiger partial charge is 0.245 e. The average molecular weight is 1220 g/mol. The fraction of sp³-hybridized carbons (Fsp3) is 0.651. The van der Waals surface area contributed by atoms with E-state index in [1.54, 1.807) is 30.8 Å². The van der Waals surface area contributed by atoms with Crippen molar-refractivity contribution in [2.75, 3.05) is 53.7 Å². The molecule has 0 aliphatic carbocycles. The molecule has 9 amide bonds. The highest BCUT2D eigenvalue weighted by atomic mass is 32.1. The van der Waals surface area contributed by atoms with E-state index in [0.29, 0.717) is 64.6 Å². The number of Topliss-reactive ketones (excluding diaryl/α,β-unsaturated/α-hetero) is 1. The van der Waals surface area contributed by atoms with Crippen molar-refractivity contribution >= 4 is 71.6 Å². The summed E-state index contributed by atoms with van der Waals surface area (Å²) >= 11 is 4.01. The summed E-state index contributed by atoms with van der Waals surface area (Å²) in [5.41, 5.74) is 12.4. The first-order valence-electron chi connectivity index (χ1n) is 30.5. The number of thiol groups is 1. The van der Waals surface area contributed by atoms with Gasteiger partial charge in [0.25, 0.3) is 0 Å². The number of hydrogen-bond acceptors (Lipinski definition) is 15. The summed E-state index contributed by atoms with van der Waals surface area (Å²) in [7, 11) is 6.50. The quantitative estimate of drug-likeness (QED) is 0.0168. The lowest BCUT2D eigenvalue weighted by Crippen LogP contribution is -2.60. The van der Waals surface area contributed by atoms with Gasteiger partial charge in [0, 0.05) is 72.3 Å². The SMILES string of the molecule is CC[C@H](C)[C@@H]([C@@H](CC(=O)N1CCC[C@H]1[C@H](OC)[C@@H](C)C(=O)N[C@@H](Cc1ccccc1)C(=O)NCc1ccccc1)OC)N(C)C(=O)[C@@H](NC(=O)[C@H](C(C)C)N(C)CCCC(=O)NNC(=O)CCCCCN1C(=O)CC(C(=O)[C@@H](N)CS)C1=O)C(C)C. The van der Waals surface area contributed by atoms with Gasteiger partial charge < -0.3 is 41.0 Å². The first-order chi connectivity index (χ1) is 40.9. The lowest BCUT2D eigenvalue weighted by atomic mass is 9.89. The largest absolute Gasteiger partial charge is 0.379 e. The topological polar surface area (TPSA) is 288 Å². The number of carbonyl (C=O) groups excluding carboxylic acids is 10. The van der Waals surface area contributed by atoms with Crippen LogP contribution in [0.2, 0.25) is 0 Å². The molecule has 2 aromatic carbocycles. The van der Waals surface area contributed by atoms with Gasteiger partial charge in [-0.05, 0) is 74.6 Å². The molecule has 0 saturated carbocycles. The average Bonchev–Trinajstić information content (AvgIpc) is 3.26. The van der Waals surface area contributed by atoms with Gasteiger partial charge >= 0.3 is 0 Å². The van der Waals surface area contributed by atoms with Crippen molar-refractivity contribution in [3.05, 3.63) is 71.8 Å². The zero-order chi connectivity index (χ0) is 63.8. The maximum absolute atomic E-state index is 14.8. The summed E-state index contributed by atoms with van der Waals surface area (Å²) in [5, 5.41) is 9.03. The van der Waals surface area contributed by atoms with Crippen LogP contribution in [0.15, 0.2) is 60.7 Å². The molecule has 0 aromatic heterocycles. The number of likely N-dealkylation sites (tertiary alicyclic amines) is 2. The van der Waals surface area contributed by atoms with Gasteiger partial charge in [-0.2, -0.15) is 12.6 Å². The fourth-order valence-corrected chi connectivity index (χ4v) is 11.9. The number of carbonyl (C=O) groups is 10. The van der Waals surface area contributed by atoms with Crippen LogP contribution in [0.1, 0.15) is 130 Å². The number of nitrogens with two attached hydrogens (primary N) is 1. The first kappa shape index (κ1) is 72.2. The molecule has 22 nitrogen and oxygen atoms in total. The van der Waals surface area contributed by atoms with Crippen LogP contribution in [0, 0.1) is 29.6 Å². The minimum Gasteiger partial charge on any atom is -0.379 e. The maximum atomic E-state index is 14.8. The second-order valence-electron chi connectivity index (χ2n) is 23.8.